The molecule has 0 unspecified atom stereocenters. The summed E-state index contributed by atoms with van der Waals surface area (Å²) in [6.45, 7) is 5.00. The van der Waals surface area contributed by atoms with Gasteiger partial charge in [-0.1, -0.05) is 12.1 Å². The van der Waals surface area contributed by atoms with Crippen molar-refractivity contribution in [3.05, 3.63) is 53.6 Å². The van der Waals surface area contributed by atoms with E-state index in [2.05, 4.69) is 10.6 Å². The number of hydrogen-bond acceptors (Lipinski definition) is 4. The van der Waals surface area contributed by atoms with Gasteiger partial charge in [0.1, 0.15) is 5.60 Å². The van der Waals surface area contributed by atoms with Crippen LogP contribution in [0.2, 0.25) is 0 Å². The lowest BCUT2D eigenvalue weighted by atomic mass is 10.1. The molecule has 8 nitrogen and oxygen atoms in total. The van der Waals surface area contributed by atoms with Crippen molar-refractivity contribution < 1.29 is 37.4 Å². The molecule has 2 aromatic carbocycles. The van der Waals surface area contributed by atoms with E-state index in [1.54, 1.807) is 38.2 Å². The van der Waals surface area contributed by atoms with Gasteiger partial charge in [-0.25, -0.2) is 9.59 Å². The standard InChI is InChI=1S/C20H20F3N3O5/c1-19(2,3)31-18(30)26-15-7-5-4-6-14(15)24-16(27)11-8-9-13(25-17(28)29)12(10-11)20(21,22)23/h4-10,25H,1-3H3,(H,24,27)(H,26,30)(H,28,29). The van der Waals surface area contributed by atoms with Crippen LogP contribution in [0.3, 0.4) is 0 Å². The molecular formula is C20H20F3N3O5. The Labute approximate surface area is 175 Å². The topological polar surface area (TPSA) is 117 Å². The molecule has 0 heterocycles. The second-order valence-electron chi connectivity index (χ2n) is 7.31. The zero-order valence-electron chi connectivity index (χ0n) is 16.8. The minimum absolute atomic E-state index is 0.125. The molecule has 0 aromatic heterocycles. The van der Waals surface area contributed by atoms with Gasteiger partial charge in [0.15, 0.2) is 0 Å². The number of ether oxygens (including phenoxy) is 1. The molecule has 0 atom stereocenters. The lowest BCUT2D eigenvalue weighted by molar-refractivity contribution is -0.136. The van der Waals surface area contributed by atoms with Gasteiger partial charge in [-0.15, -0.1) is 0 Å². The molecule has 4 N–H and O–H groups in total. The number of hydrogen-bond donors (Lipinski definition) is 4. The first-order valence-corrected chi connectivity index (χ1v) is 8.88. The van der Waals surface area contributed by atoms with Crippen LogP contribution in [-0.2, 0) is 10.9 Å². The molecule has 0 aliphatic rings. The van der Waals surface area contributed by atoms with Crippen LogP contribution in [0.25, 0.3) is 0 Å². The third kappa shape index (κ3) is 6.91. The maximum absolute atomic E-state index is 13.3. The molecule has 166 valence electrons. The number of carbonyl (C=O) groups is 3. The van der Waals surface area contributed by atoms with Gasteiger partial charge in [0.2, 0.25) is 0 Å². The highest BCUT2D eigenvalue weighted by Crippen LogP contribution is 2.36. The molecule has 31 heavy (non-hydrogen) atoms. The van der Waals surface area contributed by atoms with Crippen LogP contribution in [0.5, 0.6) is 0 Å². The summed E-state index contributed by atoms with van der Waals surface area (Å²) >= 11 is 0. The zero-order chi connectivity index (χ0) is 23.4. The lowest BCUT2D eigenvalue weighted by Gasteiger charge is -2.20. The van der Waals surface area contributed by atoms with Crippen molar-refractivity contribution >= 4 is 35.2 Å². The zero-order valence-corrected chi connectivity index (χ0v) is 16.8. The number of benzene rings is 2. The van der Waals surface area contributed by atoms with E-state index in [1.807, 2.05) is 0 Å². The molecule has 3 amide bonds. The Balaban J connectivity index is 2.28. The summed E-state index contributed by atoms with van der Waals surface area (Å²) < 4.78 is 45.0. The van der Waals surface area contributed by atoms with E-state index in [4.69, 9.17) is 9.84 Å². The molecule has 0 radical (unpaired) electrons. The number of amides is 3. The van der Waals surface area contributed by atoms with Crippen LogP contribution in [-0.4, -0.2) is 28.8 Å². The second kappa shape index (κ2) is 8.94. The molecule has 11 heteroatoms. The first kappa shape index (κ1) is 23.5. The smallest absolute Gasteiger partial charge is 0.418 e. The van der Waals surface area contributed by atoms with Crippen molar-refractivity contribution in [1.82, 2.24) is 0 Å². The predicted molar refractivity (Wildman–Crippen MR) is 107 cm³/mol. The Bertz CT molecular complexity index is 1000. The summed E-state index contributed by atoms with van der Waals surface area (Å²) in [6, 6.07) is 8.46. The molecule has 0 saturated carbocycles. The number of alkyl halides is 3. The van der Waals surface area contributed by atoms with E-state index in [9.17, 15) is 27.6 Å². The molecule has 0 spiro atoms. The minimum atomic E-state index is -4.90. The van der Waals surface area contributed by atoms with Crippen LogP contribution in [0, 0.1) is 0 Å². The third-order valence-electron chi connectivity index (χ3n) is 3.64. The van der Waals surface area contributed by atoms with Crippen molar-refractivity contribution in [2.45, 2.75) is 32.5 Å². The van der Waals surface area contributed by atoms with Crippen molar-refractivity contribution in [1.29, 1.82) is 0 Å². The molecule has 0 aliphatic carbocycles. The quantitative estimate of drug-likeness (QED) is 0.509. The van der Waals surface area contributed by atoms with E-state index < -0.39 is 41.1 Å². The Kier molecular flexibility index (Phi) is 6.78. The summed E-state index contributed by atoms with van der Waals surface area (Å²) in [6.07, 6.45) is -7.35. The largest absolute Gasteiger partial charge is 0.465 e. The van der Waals surface area contributed by atoms with Crippen LogP contribution in [0.1, 0.15) is 36.7 Å². The minimum Gasteiger partial charge on any atom is -0.465 e. The Morgan fingerprint density at radius 3 is 1.97 bits per heavy atom. The average Bonchev–Trinajstić information content (AvgIpc) is 2.60. The van der Waals surface area contributed by atoms with Crippen LogP contribution in [0.15, 0.2) is 42.5 Å². The highest BCUT2D eigenvalue weighted by Gasteiger charge is 2.35. The fraction of sp³-hybridized carbons (Fsp3) is 0.250. The summed E-state index contributed by atoms with van der Waals surface area (Å²) in [5.41, 5.74) is -2.85. The van der Waals surface area contributed by atoms with Crippen molar-refractivity contribution in [3.63, 3.8) is 0 Å². The van der Waals surface area contributed by atoms with E-state index >= 15 is 0 Å². The third-order valence-corrected chi connectivity index (χ3v) is 3.64. The van der Waals surface area contributed by atoms with Crippen molar-refractivity contribution in [2.24, 2.45) is 0 Å². The van der Waals surface area contributed by atoms with Gasteiger partial charge in [0, 0.05) is 5.56 Å². The van der Waals surface area contributed by atoms with Gasteiger partial charge in [-0.05, 0) is 51.1 Å². The number of anilines is 3. The maximum Gasteiger partial charge on any atom is 0.418 e. The van der Waals surface area contributed by atoms with Gasteiger partial charge in [0.05, 0.1) is 22.6 Å². The first-order valence-electron chi connectivity index (χ1n) is 8.88. The van der Waals surface area contributed by atoms with Gasteiger partial charge in [-0.2, -0.15) is 13.2 Å². The summed E-state index contributed by atoms with van der Waals surface area (Å²) in [5.74, 6) is -0.897. The highest BCUT2D eigenvalue weighted by atomic mass is 19.4. The summed E-state index contributed by atoms with van der Waals surface area (Å²) in [7, 11) is 0. The number of rotatable bonds is 4. The molecule has 0 fully saturated rings. The summed E-state index contributed by atoms with van der Waals surface area (Å²) in [4.78, 5) is 35.2. The van der Waals surface area contributed by atoms with Gasteiger partial charge < -0.3 is 15.2 Å². The van der Waals surface area contributed by atoms with Crippen LogP contribution in [0.4, 0.5) is 39.8 Å². The normalized spacial score (nSPS) is 11.4. The number of nitrogens with one attached hydrogen (secondary N) is 3. The molecular weight excluding hydrogens is 419 g/mol. The molecule has 0 saturated heterocycles. The number of carboxylic acid groups (broad SMARTS) is 1. The molecule has 2 aromatic rings. The summed E-state index contributed by atoms with van der Waals surface area (Å²) in [5, 5.41) is 15.2. The number of halogens is 3. The Morgan fingerprint density at radius 2 is 1.45 bits per heavy atom. The van der Waals surface area contributed by atoms with Crippen LogP contribution < -0.4 is 16.0 Å². The van der Waals surface area contributed by atoms with E-state index in [-0.39, 0.29) is 16.9 Å². The van der Waals surface area contributed by atoms with Crippen molar-refractivity contribution in [3.8, 4) is 0 Å². The predicted octanol–water partition coefficient (Wildman–Crippen LogP) is 5.39. The Hall–Kier alpha value is -3.76. The van der Waals surface area contributed by atoms with Crippen molar-refractivity contribution in [2.75, 3.05) is 16.0 Å². The maximum atomic E-state index is 13.3. The average molecular weight is 439 g/mol. The van der Waals surface area contributed by atoms with E-state index in [0.29, 0.717) is 6.07 Å². The molecule has 0 aliphatic heterocycles. The van der Waals surface area contributed by atoms with E-state index in [1.165, 1.54) is 12.1 Å². The number of carbonyl (C=O) groups excluding carboxylic acids is 2. The highest BCUT2D eigenvalue weighted by molar-refractivity contribution is 6.07. The second-order valence-corrected chi connectivity index (χ2v) is 7.31. The fourth-order valence-corrected chi connectivity index (χ4v) is 2.45. The SMILES string of the molecule is CC(C)(C)OC(=O)Nc1ccccc1NC(=O)c1ccc(NC(=O)O)c(C(F)(F)F)c1. The fourth-order valence-electron chi connectivity index (χ4n) is 2.45. The number of para-hydroxylation sites is 2. The monoisotopic (exact) mass is 439 g/mol. The van der Waals surface area contributed by atoms with Gasteiger partial charge in [-0.3, -0.25) is 15.4 Å². The lowest BCUT2D eigenvalue weighted by Crippen LogP contribution is -2.27. The first-order chi connectivity index (χ1) is 14.3. The van der Waals surface area contributed by atoms with E-state index in [0.717, 1.165) is 12.1 Å². The molecule has 2 rings (SSSR count). The molecule has 0 bridgehead atoms. The van der Waals surface area contributed by atoms with Crippen LogP contribution >= 0.6 is 0 Å². The van der Waals surface area contributed by atoms with Gasteiger partial charge in [0.25, 0.3) is 5.91 Å². The van der Waals surface area contributed by atoms with Gasteiger partial charge >= 0.3 is 18.4 Å². The Morgan fingerprint density at radius 1 is 0.871 bits per heavy atom.